The number of aliphatic hydroxyl groups is 1. The van der Waals surface area contributed by atoms with Crippen LogP contribution in [0.2, 0.25) is 0 Å². The number of rotatable bonds is 7. The van der Waals surface area contributed by atoms with Crippen LogP contribution in [0.15, 0.2) is 61.1 Å². The summed E-state index contributed by atoms with van der Waals surface area (Å²) in [6.07, 6.45) is 5.55. The van der Waals surface area contributed by atoms with Crippen LogP contribution in [0.5, 0.6) is 0 Å². The summed E-state index contributed by atoms with van der Waals surface area (Å²) in [6.45, 7) is 4.19. The van der Waals surface area contributed by atoms with E-state index in [4.69, 9.17) is 0 Å². The highest BCUT2D eigenvalue weighted by Crippen LogP contribution is 2.17. The van der Waals surface area contributed by atoms with Gasteiger partial charge in [-0.15, -0.1) is 0 Å². The molecule has 0 aliphatic heterocycles. The van der Waals surface area contributed by atoms with Crippen molar-refractivity contribution >= 4 is 0 Å². The molecule has 0 bridgehead atoms. The molecule has 0 saturated carbocycles. The maximum Gasteiger partial charge on any atom is 0.110 e. The lowest BCUT2D eigenvalue weighted by atomic mass is 10.2. The topological polar surface area (TPSA) is 54.2 Å². The Morgan fingerprint density at radius 2 is 1.88 bits per heavy atom. The molecule has 1 N–H and O–H groups in total. The van der Waals surface area contributed by atoms with E-state index in [-0.39, 0.29) is 6.61 Å². The Bertz CT molecular complexity index is 756. The van der Waals surface area contributed by atoms with E-state index in [2.05, 4.69) is 37.6 Å². The SMILES string of the molecule is Cc1ncc(CN(CCO)Cc2cccnc2)n1-c1ccccc1. The van der Waals surface area contributed by atoms with E-state index in [0.29, 0.717) is 13.1 Å². The molecule has 0 radical (unpaired) electrons. The smallest absolute Gasteiger partial charge is 0.110 e. The molecule has 24 heavy (non-hydrogen) atoms. The predicted molar refractivity (Wildman–Crippen MR) is 93.7 cm³/mol. The van der Waals surface area contributed by atoms with Gasteiger partial charge in [0.05, 0.1) is 18.5 Å². The minimum Gasteiger partial charge on any atom is -0.395 e. The Morgan fingerprint density at radius 1 is 1.04 bits per heavy atom. The van der Waals surface area contributed by atoms with Crippen molar-refractivity contribution in [3.05, 3.63) is 78.1 Å². The number of benzene rings is 1. The zero-order valence-corrected chi connectivity index (χ0v) is 13.8. The Balaban J connectivity index is 1.83. The molecular weight excluding hydrogens is 300 g/mol. The van der Waals surface area contributed by atoms with Gasteiger partial charge in [-0.3, -0.25) is 14.5 Å². The number of nitrogens with zero attached hydrogens (tertiary/aromatic N) is 4. The van der Waals surface area contributed by atoms with Gasteiger partial charge in [0, 0.05) is 37.7 Å². The molecule has 0 fully saturated rings. The van der Waals surface area contributed by atoms with Gasteiger partial charge < -0.3 is 5.11 Å². The lowest BCUT2D eigenvalue weighted by molar-refractivity contribution is 0.182. The molecule has 2 heterocycles. The molecule has 1 aromatic carbocycles. The Morgan fingerprint density at radius 3 is 2.58 bits per heavy atom. The van der Waals surface area contributed by atoms with E-state index in [9.17, 15) is 5.11 Å². The molecule has 0 atom stereocenters. The summed E-state index contributed by atoms with van der Waals surface area (Å²) in [5.41, 5.74) is 3.34. The van der Waals surface area contributed by atoms with Crippen LogP contribution in [0.3, 0.4) is 0 Å². The maximum absolute atomic E-state index is 9.40. The van der Waals surface area contributed by atoms with Gasteiger partial charge in [-0.05, 0) is 30.7 Å². The molecule has 0 amide bonds. The van der Waals surface area contributed by atoms with Crippen LogP contribution < -0.4 is 0 Å². The lowest BCUT2D eigenvalue weighted by Crippen LogP contribution is -2.27. The average Bonchev–Trinajstić information content (AvgIpc) is 2.97. The number of hydrogen-bond acceptors (Lipinski definition) is 4. The first-order chi connectivity index (χ1) is 11.8. The average molecular weight is 322 g/mol. The minimum atomic E-state index is 0.124. The quantitative estimate of drug-likeness (QED) is 0.726. The zero-order valence-electron chi connectivity index (χ0n) is 13.8. The van der Waals surface area contributed by atoms with Gasteiger partial charge >= 0.3 is 0 Å². The largest absolute Gasteiger partial charge is 0.395 e. The zero-order chi connectivity index (χ0) is 16.8. The number of imidazole rings is 1. The Labute approximate surface area is 142 Å². The summed E-state index contributed by atoms with van der Waals surface area (Å²) in [5, 5.41) is 9.40. The van der Waals surface area contributed by atoms with Gasteiger partial charge in [-0.25, -0.2) is 4.98 Å². The first-order valence-electron chi connectivity index (χ1n) is 8.08. The summed E-state index contributed by atoms with van der Waals surface area (Å²) in [7, 11) is 0. The van der Waals surface area contributed by atoms with Crippen molar-refractivity contribution in [3.8, 4) is 5.69 Å². The molecule has 5 heteroatoms. The number of aromatic nitrogens is 3. The van der Waals surface area contributed by atoms with Gasteiger partial charge in [0.15, 0.2) is 0 Å². The third-order valence-electron chi connectivity index (χ3n) is 3.96. The van der Waals surface area contributed by atoms with Crippen molar-refractivity contribution in [2.75, 3.05) is 13.2 Å². The Kier molecular flexibility index (Phi) is 5.36. The van der Waals surface area contributed by atoms with E-state index in [1.807, 2.05) is 43.6 Å². The molecule has 5 nitrogen and oxygen atoms in total. The third-order valence-corrected chi connectivity index (χ3v) is 3.96. The minimum absolute atomic E-state index is 0.124. The fourth-order valence-electron chi connectivity index (χ4n) is 2.87. The van der Waals surface area contributed by atoms with Crippen molar-refractivity contribution in [1.82, 2.24) is 19.4 Å². The van der Waals surface area contributed by atoms with E-state index in [1.54, 1.807) is 6.20 Å². The van der Waals surface area contributed by atoms with Crippen LogP contribution in [0.4, 0.5) is 0 Å². The molecule has 0 aliphatic rings. The van der Waals surface area contributed by atoms with Crippen LogP contribution in [0, 0.1) is 6.92 Å². The molecular formula is C19H22N4O. The van der Waals surface area contributed by atoms with Crippen LogP contribution in [0.1, 0.15) is 17.1 Å². The summed E-state index contributed by atoms with van der Waals surface area (Å²) in [4.78, 5) is 10.8. The number of aliphatic hydroxyl groups excluding tert-OH is 1. The standard InChI is InChI=1S/C19H22N4O/c1-16-21-13-19(23(16)18-7-3-2-4-8-18)15-22(10-11-24)14-17-6-5-9-20-12-17/h2-9,12-13,24H,10-11,14-15H2,1H3. The van der Waals surface area contributed by atoms with Crippen molar-refractivity contribution in [2.45, 2.75) is 20.0 Å². The van der Waals surface area contributed by atoms with Crippen molar-refractivity contribution in [1.29, 1.82) is 0 Å². The monoisotopic (exact) mass is 322 g/mol. The van der Waals surface area contributed by atoms with Gasteiger partial charge in [0.25, 0.3) is 0 Å². The second-order valence-electron chi connectivity index (χ2n) is 5.76. The van der Waals surface area contributed by atoms with Crippen LogP contribution in [-0.4, -0.2) is 37.7 Å². The van der Waals surface area contributed by atoms with Crippen molar-refractivity contribution in [2.24, 2.45) is 0 Å². The molecule has 3 aromatic rings. The maximum atomic E-state index is 9.40. The van der Waals surface area contributed by atoms with E-state index >= 15 is 0 Å². The highest BCUT2D eigenvalue weighted by atomic mass is 16.3. The summed E-state index contributed by atoms with van der Waals surface area (Å²) < 4.78 is 2.16. The van der Waals surface area contributed by atoms with Crippen LogP contribution in [0.25, 0.3) is 5.69 Å². The molecule has 0 unspecified atom stereocenters. The normalized spacial score (nSPS) is 11.1. The lowest BCUT2D eigenvalue weighted by Gasteiger charge is -2.22. The number of para-hydroxylation sites is 1. The van der Waals surface area contributed by atoms with Gasteiger partial charge in [-0.2, -0.15) is 0 Å². The summed E-state index contributed by atoms with van der Waals surface area (Å²) in [6, 6.07) is 14.2. The Hall–Kier alpha value is -2.50. The fourth-order valence-corrected chi connectivity index (χ4v) is 2.87. The predicted octanol–water partition coefficient (Wildman–Crippen LogP) is 2.57. The van der Waals surface area contributed by atoms with E-state index in [1.165, 1.54) is 0 Å². The molecule has 3 rings (SSSR count). The molecule has 2 aromatic heterocycles. The first kappa shape index (κ1) is 16.4. The first-order valence-corrected chi connectivity index (χ1v) is 8.08. The highest BCUT2D eigenvalue weighted by molar-refractivity contribution is 5.35. The van der Waals surface area contributed by atoms with Crippen molar-refractivity contribution in [3.63, 3.8) is 0 Å². The molecule has 0 spiro atoms. The summed E-state index contributed by atoms with van der Waals surface area (Å²) >= 11 is 0. The number of pyridine rings is 1. The van der Waals surface area contributed by atoms with Gasteiger partial charge in [-0.1, -0.05) is 24.3 Å². The molecule has 124 valence electrons. The molecule has 0 aliphatic carbocycles. The second kappa shape index (κ2) is 7.86. The number of hydrogen-bond donors (Lipinski definition) is 1. The fraction of sp³-hybridized carbons (Fsp3) is 0.263. The molecule has 0 saturated heterocycles. The second-order valence-corrected chi connectivity index (χ2v) is 5.76. The van der Waals surface area contributed by atoms with Crippen molar-refractivity contribution < 1.29 is 5.11 Å². The van der Waals surface area contributed by atoms with Crippen LogP contribution in [-0.2, 0) is 13.1 Å². The van der Waals surface area contributed by atoms with E-state index in [0.717, 1.165) is 29.3 Å². The van der Waals surface area contributed by atoms with Gasteiger partial charge in [0.2, 0.25) is 0 Å². The van der Waals surface area contributed by atoms with Gasteiger partial charge in [0.1, 0.15) is 5.82 Å². The van der Waals surface area contributed by atoms with E-state index < -0.39 is 0 Å². The number of aryl methyl sites for hydroxylation is 1. The third kappa shape index (κ3) is 3.88. The summed E-state index contributed by atoms with van der Waals surface area (Å²) in [5.74, 6) is 0.960. The van der Waals surface area contributed by atoms with Crippen LogP contribution >= 0.6 is 0 Å². The highest BCUT2D eigenvalue weighted by Gasteiger charge is 2.13.